The van der Waals surface area contributed by atoms with Crippen LogP contribution in [-0.2, 0) is 11.2 Å². The third kappa shape index (κ3) is 4.00. The van der Waals surface area contributed by atoms with Crippen LogP contribution in [0.15, 0.2) is 41.4 Å². The number of anilines is 1. The van der Waals surface area contributed by atoms with Crippen LogP contribution >= 0.6 is 0 Å². The molecule has 2 aliphatic heterocycles. The van der Waals surface area contributed by atoms with E-state index in [0.717, 1.165) is 35.6 Å². The van der Waals surface area contributed by atoms with Crippen molar-refractivity contribution < 1.29 is 14.3 Å². The predicted octanol–water partition coefficient (Wildman–Crippen LogP) is 3.80. The van der Waals surface area contributed by atoms with Gasteiger partial charge < -0.3 is 10.1 Å². The lowest BCUT2D eigenvalue weighted by Gasteiger charge is -2.35. The van der Waals surface area contributed by atoms with Gasteiger partial charge in [0.1, 0.15) is 5.75 Å². The monoisotopic (exact) mass is 405 g/mol. The molecule has 2 aliphatic rings. The number of fused-ring (bicyclic) bond motifs is 2. The number of benzene rings is 2. The van der Waals surface area contributed by atoms with Crippen molar-refractivity contribution in [2.75, 3.05) is 32.1 Å². The quantitative estimate of drug-likeness (QED) is 0.822. The molecule has 1 amide bonds. The Labute approximate surface area is 176 Å². The highest BCUT2D eigenvalue weighted by Gasteiger charge is 2.37. The summed E-state index contributed by atoms with van der Waals surface area (Å²) in [5, 5.41) is 2.95. The summed E-state index contributed by atoms with van der Waals surface area (Å²) in [6.07, 6.45) is 1.66. The molecule has 2 aromatic rings. The summed E-state index contributed by atoms with van der Waals surface area (Å²) in [6.45, 7) is 5.54. The SMILES string of the molecule is CCc1ccc(NC(=O)CN2CCC3=Nc4c(C)cc(OC)cc4C(=O)C3C2)cc1. The molecule has 0 aliphatic carbocycles. The zero-order valence-electron chi connectivity index (χ0n) is 17.7. The Morgan fingerprint density at radius 1 is 1.27 bits per heavy atom. The third-order valence-electron chi connectivity index (χ3n) is 5.89. The summed E-state index contributed by atoms with van der Waals surface area (Å²) in [4.78, 5) is 32.5. The molecule has 4 rings (SSSR count). The van der Waals surface area contributed by atoms with Crippen LogP contribution in [0.5, 0.6) is 5.75 Å². The number of nitrogens with one attached hydrogen (secondary N) is 1. The first-order valence-corrected chi connectivity index (χ1v) is 10.4. The number of carbonyl (C=O) groups is 2. The molecule has 1 unspecified atom stereocenters. The van der Waals surface area contributed by atoms with Crippen LogP contribution in [0.1, 0.15) is 34.8 Å². The lowest BCUT2D eigenvalue weighted by atomic mass is 9.84. The maximum Gasteiger partial charge on any atom is 0.238 e. The van der Waals surface area contributed by atoms with Gasteiger partial charge in [-0.2, -0.15) is 0 Å². The molecule has 6 heteroatoms. The molecule has 0 spiro atoms. The molecule has 2 heterocycles. The molecule has 0 bridgehead atoms. The number of ketones is 1. The number of aryl methyl sites for hydroxylation is 2. The van der Waals surface area contributed by atoms with E-state index in [9.17, 15) is 9.59 Å². The van der Waals surface area contributed by atoms with E-state index in [1.807, 2.05) is 42.2 Å². The van der Waals surface area contributed by atoms with Gasteiger partial charge >= 0.3 is 0 Å². The number of rotatable bonds is 5. The molecular weight excluding hydrogens is 378 g/mol. The Balaban J connectivity index is 1.44. The minimum atomic E-state index is -0.297. The van der Waals surface area contributed by atoms with E-state index in [0.29, 0.717) is 24.3 Å². The fourth-order valence-corrected chi connectivity index (χ4v) is 4.17. The average Bonchev–Trinajstić information content (AvgIpc) is 2.75. The minimum Gasteiger partial charge on any atom is -0.497 e. The molecule has 0 aromatic heterocycles. The predicted molar refractivity (Wildman–Crippen MR) is 118 cm³/mol. The van der Waals surface area contributed by atoms with E-state index in [1.54, 1.807) is 13.2 Å². The van der Waals surface area contributed by atoms with Crippen molar-refractivity contribution in [1.82, 2.24) is 4.90 Å². The van der Waals surface area contributed by atoms with Crippen molar-refractivity contribution in [3.05, 3.63) is 53.1 Å². The van der Waals surface area contributed by atoms with Crippen LogP contribution in [0.4, 0.5) is 11.4 Å². The number of Topliss-reactive ketones (excluding diaryl/α,β-unsaturated/α-hetero) is 1. The molecule has 1 fully saturated rings. The number of aliphatic imine (C=N–C) groups is 1. The third-order valence-corrected chi connectivity index (χ3v) is 5.89. The second kappa shape index (κ2) is 8.40. The first-order chi connectivity index (χ1) is 14.5. The fraction of sp³-hybridized carbons (Fsp3) is 0.375. The van der Waals surface area contributed by atoms with Crippen LogP contribution in [0.3, 0.4) is 0 Å². The average molecular weight is 405 g/mol. The van der Waals surface area contributed by atoms with Crippen molar-refractivity contribution in [2.45, 2.75) is 26.7 Å². The molecule has 0 saturated carbocycles. The molecule has 6 nitrogen and oxygen atoms in total. The van der Waals surface area contributed by atoms with Crippen LogP contribution in [0, 0.1) is 12.8 Å². The molecule has 2 aromatic carbocycles. The fourth-order valence-electron chi connectivity index (χ4n) is 4.17. The summed E-state index contributed by atoms with van der Waals surface area (Å²) < 4.78 is 5.33. The van der Waals surface area contributed by atoms with E-state index < -0.39 is 0 Å². The molecule has 0 radical (unpaired) electrons. The van der Waals surface area contributed by atoms with Crippen molar-refractivity contribution >= 4 is 28.8 Å². The number of piperidine rings is 1. The number of hydrogen-bond acceptors (Lipinski definition) is 5. The summed E-state index contributed by atoms with van der Waals surface area (Å²) in [5.74, 6) is 0.367. The van der Waals surface area contributed by atoms with E-state index in [-0.39, 0.29) is 24.2 Å². The molecular formula is C24H27N3O3. The molecule has 1 N–H and O–H groups in total. The normalized spacial score (nSPS) is 18.3. The van der Waals surface area contributed by atoms with E-state index in [4.69, 9.17) is 9.73 Å². The molecule has 30 heavy (non-hydrogen) atoms. The second-order valence-corrected chi connectivity index (χ2v) is 7.94. The number of hydrogen-bond donors (Lipinski definition) is 1. The highest BCUT2D eigenvalue weighted by Crippen LogP contribution is 2.37. The van der Waals surface area contributed by atoms with Crippen molar-refractivity contribution in [1.29, 1.82) is 0 Å². The highest BCUT2D eigenvalue weighted by molar-refractivity contribution is 6.19. The Morgan fingerprint density at radius 3 is 2.73 bits per heavy atom. The summed E-state index contributed by atoms with van der Waals surface area (Å²) in [5.41, 5.74) is 5.27. The summed E-state index contributed by atoms with van der Waals surface area (Å²) in [6, 6.07) is 11.6. The smallest absolute Gasteiger partial charge is 0.238 e. The van der Waals surface area contributed by atoms with Gasteiger partial charge in [-0.15, -0.1) is 0 Å². The van der Waals surface area contributed by atoms with Gasteiger partial charge in [0, 0.05) is 30.1 Å². The number of nitrogens with zero attached hydrogens (tertiary/aromatic N) is 2. The van der Waals surface area contributed by atoms with E-state index in [1.165, 1.54) is 5.56 Å². The highest BCUT2D eigenvalue weighted by atomic mass is 16.5. The maximum absolute atomic E-state index is 13.2. The number of likely N-dealkylation sites (tertiary alicyclic amines) is 1. The first kappa shape index (κ1) is 20.3. The standard InChI is InChI=1S/C24H27N3O3/c1-4-16-5-7-17(8-6-16)25-22(28)14-27-10-9-21-20(13-27)24(29)19-12-18(30-3)11-15(2)23(19)26-21/h5-8,11-12,20H,4,9-10,13-14H2,1-3H3,(H,25,28). The van der Waals surface area contributed by atoms with Gasteiger partial charge in [-0.3, -0.25) is 19.5 Å². The van der Waals surface area contributed by atoms with Crippen LogP contribution in [0.25, 0.3) is 0 Å². The summed E-state index contributed by atoms with van der Waals surface area (Å²) in [7, 11) is 1.60. The zero-order chi connectivity index (χ0) is 21.3. The zero-order valence-corrected chi connectivity index (χ0v) is 17.7. The second-order valence-electron chi connectivity index (χ2n) is 7.94. The van der Waals surface area contributed by atoms with Gasteiger partial charge in [0.25, 0.3) is 0 Å². The number of methoxy groups -OCH3 is 1. The number of amides is 1. The van der Waals surface area contributed by atoms with Gasteiger partial charge in [-0.25, -0.2) is 0 Å². The Bertz CT molecular complexity index is 1010. The lowest BCUT2D eigenvalue weighted by molar-refractivity contribution is -0.117. The number of ether oxygens (including phenoxy) is 1. The van der Waals surface area contributed by atoms with E-state index in [2.05, 4.69) is 12.2 Å². The minimum absolute atomic E-state index is 0.0669. The Kier molecular flexibility index (Phi) is 5.68. The largest absolute Gasteiger partial charge is 0.497 e. The van der Waals surface area contributed by atoms with Crippen molar-refractivity contribution in [3.8, 4) is 5.75 Å². The molecule has 1 saturated heterocycles. The van der Waals surface area contributed by atoms with Crippen LogP contribution in [-0.4, -0.2) is 49.0 Å². The summed E-state index contributed by atoms with van der Waals surface area (Å²) >= 11 is 0. The van der Waals surface area contributed by atoms with Crippen molar-refractivity contribution in [3.63, 3.8) is 0 Å². The maximum atomic E-state index is 13.2. The number of carbonyl (C=O) groups excluding carboxylic acids is 2. The Morgan fingerprint density at radius 2 is 2.03 bits per heavy atom. The Hall–Kier alpha value is -2.99. The molecule has 156 valence electrons. The van der Waals surface area contributed by atoms with Crippen LogP contribution < -0.4 is 10.1 Å². The van der Waals surface area contributed by atoms with Gasteiger partial charge in [-0.1, -0.05) is 19.1 Å². The van der Waals surface area contributed by atoms with Crippen LogP contribution in [0.2, 0.25) is 0 Å². The molecule has 1 atom stereocenters. The van der Waals surface area contributed by atoms with Gasteiger partial charge in [0.15, 0.2) is 5.78 Å². The van der Waals surface area contributed by atoms with E-state index >= 15 is 0 Å². The van der Waals surface area contributed by atoms with Gasteiger partial charge in [0.05, 0.1) is 25.3 Å². The first-order valence-electron chi connectivity index (χ1n) is 10.4. The lowest BCUT2D eigenvalue weighted by Crippen LogP contribution is -2.47. The van der Waals surface area contributed by atoms with Gasteiger partial charge in [-0.05, 0) is 55.2 Å². The van der Waals surface area contributed by atoms with Gasteiger partial charge in [0.2, 0.25) is 5.91 Å². The van der Waals surface area contributed by atoms with Crippen molar-refractivity contribution in [2.24, 2.45) is 10.9 Å². The topological polar surface area (TPSA) is 71.0 Å².